The van der Waals surface area contributed by atoms with E-state index in [0.29, 0.717) is 24.1 Å². The van der Waals surface area contributed by atoms with Crippen molar-refractivity contribution in [1.29, 1.82) is 0 Å². The molecular weight excluding hydrogens is 406 g/mol. The third kappa shape index (κ3) is 3.76. The maximum absolute atomic E-state index is 14.8. The van der Waals surface area contributed by atoms with Gasteiger partial charge in [0.25, 0.3) is 0 Å². The van der Waals surface area contributed by atoms with Crippen molar-refractivity contribution in [3.8, 4) is 28.0 Å². The molecular formula is C23H16F6O. The lowest BCUT2D eigenvalue weighted by Gasteiger charge is -2.13. The molecule has 30 heavy (non-hydrogen) atoms. The van der Waals surface area contributed by atoms with Gasteiger partial charge >= 0.3 is 6.36 Å². The van der Waals surface area contributed by atoms with Crippen LogP contribution in [0.3, 0.4) is 0 Å². The summed E-state index contributed by atoms with van der Waals surface area (Å²) in [4.78, 5) is 0. The smallest absolute Gasteiger partial charge is 0.399 e. The number of benzene rings is 3. The zero-order chi connectivity index (χ0) is 21.6. The molecule has 1 nitrogen and oxygen atoms in total. The van der Waals surface area contributed by atoms with Gasteiger partial charge < -0.3 is 4.74 Å². The summed E-state index contributed by atoms with van der Waals surface area (Å²) >= 11 is 0. The van der Waals surface area contributed by atoms with Crippen molar-refractivity contribution < 1.29 is 31.1 Å². The monoisotopic (exact) mass is 422 g/mol. The van der Waals surface area contributed by atoms with Crippen LogP contribution in [-0.4, -0.2) is 6.36 Å². The van der Waals surface area contributed by atoms with Crippen LogP contribution in [0.5, 0.6) is 5.75 Å². The summed E-state index contributed by atoms with van der Waals surface area (Å²) in [5.41, 5.74) is 4.31. The number of alkyl halides is 3. The first-order valence-electron chi connectivity index (χ1n) is 9.36. The van der Waals surface area contributed by atoms with Gasteiger partial charge in [0.05, 0.1) is 0 Å². The molecule has 0 fully saturated rings. The van der Waals surface area contributed by atoms with E-state index in [1.54, 1.807) is 0 Å². The predicted molar refractivity (Wildman–Crippen MR) is 101 cm³/mol. The summed E-state index contributed by atoms with van der Waals surface area (Å²) in [7, 11) is 0. The van der Waals surface area contributed by atoms with Crippen molar-refractivity contribution in [3.63, 3.8) is 0 Å². The van der Waals surface area contributed by atoms with Gasteiger partial charge in [-0.3, -0.25) is 0 Å². The maximum Gasteiger partial charge on any atom is 0.573 e. The molecule has 0 saturated heterocycles. The van der Waals surface area contributed by atoms with Gasteiger partial charge in [-0.25, -0.2) is 13.2 Å². The molecule has 4 rings (SSSR count). The number of hydrogen-bond donors (Lipinski definition) is 0. The zero-order valence-corrected chi connectivity index (χ0v) is 15.8. The SMILES string of the molecule is CCCc1ccc2c(c1)Cc1cc(-c3cc(F)c(OC(F)(F)F)c(F)c3)c(F)cc1-2. The second-order valence-corrected chi connectivity index (χ2v) is 7.22. The lowest BCUT2D eigenvalue weighted by molar-refractivity contribution is -0.276. The molecule has 0 unspecified atom stereocenters. The molecule has 1 aliphatic carbocycles. The first kappa shape index (κ1) is 20.3. The van der Waals surface area contributed by atoms with Crippen molar-refractivity contribution in [2.45, 2.75) is 32.5 Å². The van der Waals surface area contributed by atoms with Gasteiger partial charge in [0, 0.05) is 5.56 Å². The molecule has 0 bridgehead atoms. The van der Waals surface area contributed by atoms with Gasteiger partial charge in [0.2, 0.25) is 5.75 Å². The molecule has 3 aromatic carbocycles. The summed E-state index contributed by atoms with van der Waals surface area (Å²) in [6.07, 6.45) is -2.79. The molecule has 0 amide bonds. The molecule has 0 saturated carbocycles. The topological polar surface area (TPSA) is 9.23 Å². The van der Waals surface area contributed by atoms with Gasteiger partial charge in [-0.2, -0.15) is 0 Å². The summed E-state index contributed by atoms with van der Waals surface area (Å²) in [6, 6.07) is 10.1. The maximum atomic E-state index is 14.8. The Balaban J connectivity index is 1.73. The lowest BCUT2D eigenvalue weighted by atomic mass is 9.97. The van der Waals surface area contributed by atoms with E-state index >= 15 is 0 Å². The van der Waals surface area contributed by atoms with Crippen LogP contribution in [0.2, 0.25) is 0 Å². The second kappa shape index (κ2) is 7.38. The van der Waals surface area contributed by atoms with Crippen LogP contribution in [0.1, 0.15) is 30.0 Å². The number of halogens is 6. The van der Waals surface area contributed by atoms with E-state index in [4.69, 9.17) is 0 Å². The van der Waals surface area contributed by atoms with Gasteiger partial charge in [-0.1, -0.05) is 31.5 Å². The van der Waals surface area contributed by atoms with Crippen LogP contribution in [0.4, 0.5) is 26.3 Å². The molecule has 0 aliphatic heterocycles. The van der Waals surface area contributed by atoms with Crippen molar-refractivity contribution in [2.75, 3.05) is 0 Å². The highest BCUT2D eigenvalue weighted by Crippen LogP contribution is 2.41. The minimum Gasteiger partial charge on any atom is -0.399 e. The minimum absolute atomic E-state index is 0.0910. The summed E-state index contributed by atoms with van der Waals surface area (Å²) in [5, 5.41) is 0. The Morgan fingerprint density at radius 2 is 1.47 bits per heavy atom. The van der Waals surface area contributed by atoms with Gasteiger partial charge in [-0.05, 0) is 70.5 Å². The second-order valence-electron chi connectivity index (χ2n) is 7.22. The minimum atomic E-state index is -5.25. The normalized spacial score (nSPS) is 12.6. The third-order valence-corrected chi connectivity index (χ3v) is 5.10. The summed E-state index contributed by atoms with van der Waals surface area (Å²) in [6.45, 7) is 2.08. The Morgan fingerprint density at radius 3 is 2.10 bits per heavy atom. The van der Waals surface area contributed by atoms with E-state index in [2.05, 4.69) is 17.7 Å². The fraction of sp³-hybridized carbons (Fsp3) is 0.217. The number of fused-ring (bicyclic) bond motifs is 3. The van der Waals surface area contributed by atoms with Gasteiger partial charge in [0.1, 0.15) is 5.82 Å². The van der Waals surface area contributed by atoms with Crippen LogP contribution in [0.25, 0.3) is 22.3 Å². The lowest BCUT2D eigenvalue weighted by Crippen LogP contribution is -2.19. The van der Waals surface area contributed by atoms with Crippen molar-refractivity contribution in [2.24, 2.45) is 0 Å². The van der Waals surface area contributed by atoms with E-state index in [1.807, 2.05) is 12.1 Å². The summed E-state index contributed by atoms with van der Waals surface area (Å²) < 4.78 is 83.3. The quantitative estimate of drug-likeness (QED) is 0.316. The average molecular weight is 422 g/mol. The van der Waals surface area contributed by atoms with Crippen LogP contribution in [-0.2, 0) is 12.8 Å². The Kier molecular flexibility index (Phi) is 5.00. The highest BCUT2D eigenvalue weighted by atomic mass is 19.4. The average Bonchev–Trinajstić information content (AvgIpc) is 3.00. The molecule has 7 heteroatoms. The molecule has 1 aliphatic rings. The number of aryl methyl sites for hydroxylation is 1. The number of hydrogen-bond acceptors (Lipinski definition) is 1. The van der Waals surface area contributed by atoms with Crippen LogP contribution >= 0.6 is 0 Å². The Hall–Kier alpha value is -2.96. The van der Waals surface area contributed by atoms with Crippen LogP contribution < -0.4 is 4.74 Å². The zero-order valence-electron chi connectivity index (χ0n) is 15.8. The first-order valence-corrected chi connectivity index (χ1v) is 9.36. The molecule has 0 spiro atoms. The highest BCUT2D eigenvalue weighted by Gasteiger charge is 2.34. The Bertz CT molecular complexity index is 1110. The van der Waals surface area contributed by atoms with Crippen LogP contribution in [0.15, 0.2) is 42.5 Å². The molecule has 0 heterocycles. The highest BCUT2D eigenvalue weighted by molar-refractivity contribution is 5.81. The van der Waals surface area contributed by atoms with Gasteiger partial charge in [-0.15, -0.1) is 13.2 Å². The van der Waals surface area contributed by atoms with E-state index in [9.17, 15) is 26.3 Å². The Morgan fingerprint density at radius 1 is 0.800 bits per heavy atom. The summed E-state index contributed by atoms with van der Waals surface area (Å²) in [5.74, 6) is -5.41. The number of ether oxygens (including phenoxy) is 1. The first-order chi connectivity index (χ1) is 14.2. The molecule has 0 atom stereocenters. The van der Waals surface area contributed by atoms with Crippen molar-refractivity contribution in [3.05, 3.63) is 76.6 Å². The standard InChI is InChI=1S/C23H16F6O/c1-2-3-12-4-5-16-13(6-12)7-14-8-18(19(24)11-17(14)16)15-9-20(25)22(21(26)10-15)30-23(27,28)29/h4-6,8-11H,2-3,7H2,1H3. The molecule has 0 N–H and O–H groups in total. The molecule has 156 valence electrons. The van der Waals surface area contributed by atoms with Gasteiger partial charge in [0.15, 0.2) is 11.6 Å². The van der Waals surface area contributed by atoms with E-state index < -0.39 is 29.6 Å². The van der Waals surface area contributed by atoms with E-state index in [0.717, 1.165) is 29.5 Å². The molecule has 0 radical (unpaired) electrons. The number of rotatable bonds is 4. The molecule has 3 aromatic rings. The van der Waals surface area contributed by atoms with E-state index in [-0.39, 0.29) is 11.1 Å². The predicted octanol–water partition coefficient (Wildman–Crippen LogP) is 7.19. The largest absolute Gasteiger partial charge is 0.573 e. The fourth-order valence-electron chi connectivity index (χ4n) is 3.87. The van der Waals surface area contributed by atoms with Crippen molar-refractivity contribution in [1.82, 2.24) is 0 Å². The third-order valence-electron chi connectivity index (χ3n) is 5.10. The fourth-order valence-corrected chi connectivity index (χ4v) is 3.87. The van der Waals surface area contributed by atoms with E-state index in [1.165, 1.54) is 17.7 Å². The van der Waals surface area contributed by atoms with Crippen molar-refractivity contribution >= 4 is 0 Å². The molecule has 0 aromatic heterocycles. The Labute approximate surface area is 168 Å². The van der Waals surface area contributed by atoms with Crippen LogP contribution in [0, 0.1) is 17.5 Å².